The Morgan fingerprint density at radius 3 is 2.12 bits per heavy atom. The van der Waals surface area contributed by atoms with E-state index in [1.807, 2.05) is 30.3 Å². The van der Waals surface area contributed by atoms with E-state index in [4.69, 9.17) is 4.74 Å². The standard InChI is InChI=1S/C23H20F5NO4/c1-2-32-16(30)11-7-6-10-15(13-12-14-8-4-3-5-9-14)29-33-23(31)17-18(24)20(26)22(28)21(27)19(17)25/h3-5,7-9,11H,2,6,10,12-13H2,1H3/b11-7+,29-15-. The van der Waals surface area contributed by atoms with Crippen LogP contribution in [0.2, 0.25) is 0 Å². The summed E-state index contributed by atoms with van der Waals surface area (Å²) in [6.45, 7) is 1.86. The molecule has 176 valence electrons. The summed E-state index contributed by atoms with van der Waals surface area (Å²) in [5.41, 5.74) is -0.539. The molecule has 0 unspecified atom stereocenters. The minimum Gasteiger partial charge on any atom is -0.463 e. The largest absolute Gasteiger partial charge is 0.463 e. The predicted octanol–water partition coefficient (Wildman–Crippen LogP) is 5.43. The molecule has 0 heterocycles. The van der Waals surface area contributed by atoms with Gasteiger partial charge < -0.3 is 9.57 Å². The fraction of sp³-hybridized carbons (Fsp3) is 0.261. The van der Waals surface area contributed by atoms with Crippen molar-refractivity contribution >= 4 is 17.7 Å². The minimum atomic E-state index is -2.39. The summed E-state index contributed by atoms with van der Waals surface area (Å²) in [5, 5.41) is 3.58. The Morgan fingerprint density at radius 2 is 1.52 bits per heavy atom. The molecule has 0 atom stereocenters. The molecule has 0 N–H and O–H groups in total. The van der Waals surface area contributed by atoms with Gasteiger partial charge in [0.25, 0.3) is 0 Å². The molecule has 2 aromatic carbocycles. The third-order valence-corrected chi connectivity index (χ3v) is 4.36. The zero-order chi connectivity index (χ0) is 24.4. The van der Waals surface area contributed by atoms with E-state index in [2.05, 4.69) is 9.99 Å². The molecular formula is C23H20F5NO4. The van der Waals surface area contributed by atoms with Crippen molar-refractivity contribution < 1.29 is 41.1 Å². The molecule has 0 aromatic heterocycles. The molecule has 0 saturated carbocycles. The van der Waals surface area contributed by atoms with Crippen LogP contribution in [0.15, 0.2) is 47.6 Å². The number of halogens is 5. The van der Waals surface area contributed by atoms with Crippen molar-refractivity contribution in [3.63, 3.8) is 0 Å². The molecule has 0 spiro atoms. The van der Waals surface area contributed by atoms with Crippen LogP contribution < -0.4 is 0 Å². The van der Waals surface area contributed by atoms with Crippen molar-refractivity contribution in [1.29, 1.82) is 0 Å². The maximum atomic E-state index is 13.8. The van der Waals surface area contributed by atoms with Gasteiger partial charge in [0.15, 0.2) is 23.3 Å². The highest BCUT2D eigenvalue weighted by Crippen LogP contribution is 2.23. The molecular weight excluding hydrogens is 449 g/mol. The van der Waals surface area contributed by atoms with Gasteiger partial charge >= 0.3 is 11.9 Å². The number of allylic oxidation sites excluding steroid dienone is 1. The van der Waals surface area contributed by atoms with Gasteiger partial charge in [-0.05, 0) is 38.2 Å². The SMILES string of the molecule is CCOC(=O)/C=C/CC/C(CCc1ccccc1)=N/OC(=O)c1c(F)c(F)c(F)c(F)c1F. The van der Waals surface area contributed by atoms with E-state index < -0.39 is 46.6 Å². The van der Waals surface area contributed by atoms with E-state index in [1.54, 1.807) is 6.92 Å². The smallest absolute Gasteiger partial charge is 0.371 e. The highest BCUT2D eigenvalue weighted by Gasteiger charge is 2.31. The van der Waals surface area contributed by atoms with Crippen LogP contribution in [0.3, 0.4) is 0 Å². The second-order valence-electron chi connectivity index (χ2n) is 6.66. The maximum absolute atomic E-state index is 13.8. The predicted molar refractivity (Wildman–Crippen MR) is 109 cm³/mol. The number of ether oxygens (including phenoxy) is 1. The van der Waals surface area contributed by atoms with Gasteiger partial charge in [-0.15, -0.1) is 0 Å². The Balaban J connectivity index is 2.17. The highest BCUT2D eigenvalue weighted by atomic mass is 19.2. The van der Waals surface area contributed by atoms with Crippen LogP contribution in [-0.4, -0.2) is 24.3 Å². The van der Waals surface area contributed by atoms with E-state index in [0.717, 1.165) is 5.56 Å². The zero-order valence-electron chi connectivity index (χ0n) is 17.5. The summed E-state index contributed by atoms with van der Waals surface area (Å²) in [6, 6.07) is 9.15. The summed E-state index contributed by atoms with van der Waals surface area (Å²) in [4.78, 5) is 27.9. The first-order valence-corrected chi connectivity index (χ1v) is 9.91. The molecule has 33 heavy (non-hydrogen) atoms. The van der Waals surface area contributed by atoms with Crippen molar-refractivity contribution in [3.8, 4) is 0 Å². The van der Waals surface area contributed by atoms with Gasteiger partial charge in [0.1, 0.15) is 5.56 Å². The molecule has 0 bridgehead atoms. The third kappa shape index (κ3) is 7.23. The van der Waals surface area contributed by atoms with Gasteiger partial charge in [-0.1, -0.05) is 41.6 Å². The number of oxime groups is 1. The first-order valence-electron chi connectivity index (χ1n) is 9.91. The Kier molecular flexibility index (Phi) is 9.71. The fourth-order valence-corrected chi connectivity index (χ4v) is 2.71. The molecule has 0 aliphatic heterocycles. The normalized spacial score (nSPS) is 11.6. The Labute approximate surface area is 186 Å². The number of benzene rings is 2. The van der Waals surface area contributed by atoms with E-state index in [9.17, 15) is 31.5 Å². The van der Waals surface area contributed by atoms with Crippen LogP contribution in [0.4, 0.5) is 22.0 Å². The number of rotatable bonds is 10. The summed E-state index contributed by atoms with van der Waals surface area (Å²) in [5.74, 6) is -13.9. The number of carbonyl (C=O) groups excluding carboxylic acids is 2. The van der Waals surface area contributed by atoms with E-state index in [0.29, 0.717) is 6.42 Å². The number of nitrogens with zero attached hydrogens (tertiary/aromatic N) is 1. The average Bonchev–Trinajstić information content (AvgIpc) is 2.81. The van der Waals surface area contributed by atoms with E-state index >= 15 is 0 Å². The molecule has 2 aromatic rings. The summed E-state index contributed by atoms with van der Waals surface area (Å²) in [7, 11) is 0. The quantitative estimate of drug-likeness (QED) is 0.0681. The molecule has 0 aliphatic carbocycles. The lowest BCUT2D eigenvalue weighted by Crippen LogP contribution is -2.14. The molecule has 5 nitrogen and oxygen atoms in total. The van der Waals surface area contributed by atoms with Gasteiger partial charge in [0.05, 0.1) is 12.3 Å². The maximum Gasteiger partial charge on any atom is 0.371 e. The number of aryl methyl sites for hydroxylation is 1. The number of hydrogen-bond donors (Lipinski definition) is 0. The highest BCUT2D eigenvalue weighted by molar-refractivity contribution is 5.91. The van der Waals surface area contributed by atoms with Crippen LogP contribution in [0.1, 0.15) is 42.1 Å². The molecule has 0 amide bonds. The second kappa shape index (κ2) is 12.5. The zero-order valence-corrected chi connectivity index (χ0v) is 17.5. The monoisotopic (exact) mass is 469 g/mol. The number of hydrogen-bond acceptors (Lipinski definition) is 5. The molecule has 2 rings (SSSR count). The van der Waals surface area contributed by atoms with Crippen LogP contribution >= 0.6 is 0 Å². The van der Waals surface area contributed by atoms with Crippen LogP contribution in [0.25, 0.3) is 0 Å². The van der Waals surface area contributed by atoms with Gasteiger partial charge in [-0.2, -0.15) is 0 Å². The van der Waals surface area contributed by atoms with E-state index in [-0.39, 0.29) is 31.6 Å². The first-order chi connectivity index (χ1) is 15.8. The Bertz CT molecular complexity index is 1030. The summed E-state index contributed by atoms with van der Waals surface area (Å²) < 4.78 is 72.2. The molecule has 0 fully saturated rings. The average molecular weight is 469 g/mol. The summed E-state index contributed by atoms with van der Waals surface area (Å²) in [6.07, 6.45) is 3.92. The first kappa shape index (κ1) is 25.7. The van der Waals surface area contributed by atoms with Crippen molar-refractivity contribution in [2.24, 2.45) is 5.16 Å². The number of carbonyl (C=O) groups is 2. The van der Waals surface area contributed by atoms with E-state index in [1.165, 1.54) is 12.2 Å². The minimum absolute atomic E-state index is 0.188. The molecule has 10 heteroatoms. The molecule has 0 aliphatic rings. The van der Waals surface area contributed by atoms with Crippen molar-refractivity contribution in [2.45, 2.75) is 32.6 Å². The van der Waals surface area contributed by atoms with Crippen molar-refractivity contribution in [2.75, 3.05) is 6.61 Å². The van der Waals surface area contributed by atoms with Gasteiger partial charge in [0, 0.05) is 6.08 Å². The summed E-state index contributed by atoms with van der Waals surface area (Å²) >= 11 is 0. The van der Waals surface area contributed by atoms with Crippen LogP contribution in [0, 0.1) is 29.1 Å². The Morgan fingerprint density at radius 1 is 0.909 bits per heavy atom. The topological polar surface area (TPSA) is 65.0 Å². The third-order valence-electron chi connectivity index (χ3n) is 4.36. The molecule has 0 saturated heterocycles. The Hall–Kier alpha value is -3.56. The molecule has 0 radical (unpaired) electrons. The lowest BCUT2D eigenvalue weighted by atomic mass is 10.0. The second-order valence-corrected chi connectivity index (χ2v) is 6.66. The lowest BCUT2D eigenvalue weighted by Gasteiger charge is -2.08. The van der Waals surface area contributed by atoms with Crippen molar-refractivity contribution in [3.05, 3.63) is 82.7 Å². The van der Waals surface area contributed by atoms with Gasteiger partial charge in [-0.25, -0.2) is 31.5 Å². The van der Waals surface area contributed by atoms with Crippen LogP contribution in [0.5, 0.6) is 0 Å². The van der Waals surface area contributed by atoms with Crippen LogP contribution in [-0.2, 0) is 20.8 Å². The van der Waals surface area contributed by atoms with Gasteiger partial charge in [0.2, 0.25) is 5.82 Å². The fourth-order valence-electron chi connectivity index (χ4n) is 2.71. The van der Waals surface area contributed by atoms with Crippen molar-refractivity contribution in [1.82, 2.24) is 0 Å². The number of esters is 1. The lowest BCUT2D eigenvalue weighted by molar-refractivity contribution is -0.137. The van der Waals surface area contributed by atoms with Gasteiger partial charge in [-0.3, -0.25) is 0 Å².